The first-order chi connectivity index (χ1) is 11.6. The first-order valence-corrected chi connectivity index (χ1v) is 8.64. The zero-order valence-corrected chi connectivity index (χ0v) is 14.2. The predicted octanol–water partition coefficient (Wildman–Crippen LogP) is 2.38. The summed E-state index contributed by atoms with van der Waals surface area (Å²) in [7, 11) is 1.61. The number of hydrogen-bond acceptors (Lipinski definition) is 5. The van der Waals surface area contributed by atoms with Crippen molar-refractivity contribution in [2.45, 2.75) is 49.6 Å². The average Bonchev–Trinajstić information content (AvgIpc) is 3.49. The minimum atomic E-state index is -0.425. The highest BCUT2D eigenvalue weighted by Gasteiger charge is 2.71. The van der Waals surface area contributed by atoms with Crippen LogP contribution < -0.4 is 4.74 Å². The van der Waals surface area contributed by atoms with Crippen molar-refractivity contribution in [1.29, 1.82) is 0 Å². The third-order valence-corrected chi connectivity index (χ3v) is 5.74. The van der Waals surface area contributed by atoms with Crippen LogP contribution in [0.4, 0.5) is 0 Å². The van der Waals surface area contributed by atoms with E-state index in [9.17, 15) is 4.79 Å². The minimum absolute atomic E-state index is 0.0297. The molecule has 0 N–H and O–H groups in total. The lowest BCUT2D eigenvalue weighted by atomic mass is 9.69. The van der Waals surface area contributed by atoms with Crippen LogP contribution in [0.5, 0.6) is 5.75 Å². The maximum Gasteiger partial charge on any atom is 0.162 e. The average molecular weight is 332 g/mol. The Morgan fingerprint density at radius 1 is 1.29 bits per heavy atom. The van der Waals surface area contributed by atoms with Crippen LogP contribution in [-0.2, 0) is 19.0 Å². The topological polar surface area (TPSA) is 60.6 Å². The quantitative estimate of drug-likeness (QED) is 0.749. The molecule has 0 bridgehead atoms. The summed E-state index contributed by atoms with van der Waals surface area (Å²) in [6.07, 6.45) is 1.76. The third-order valence-electron chi connectivity index (χ3n) is 5.74. The number of Topliss-reactive ketones (excluding diaryl/α,β-unsaturated/α-hetero) is 1. The van der Waals surface area contributed by atoms with Gasteiger partial charge >= 0.3 is 0 Å². The van der Waals surface area contributed by atoms with Gasteiger partial charge in [0, 0.05) is 20.0 Å². The van der Waals surface area contributed by atoms with E-state index in [2.05, 4.69) is 6.92 Å². The van der Waals surface area contributed by atoms with Crippen molar-refractivity contribution in [3.8, 4) is 5.75 Å². The van der Waals surface area contributed by atoms with Gasteiger partial charge in [0.1, 0.15) is 23.1 Å². The van der Waals surface area contributed by atoms with Crippen LogP contribution in [-0.4, -0.2) is 49.5 Å². The van der Waals surface area contributed by atoms with E-state index in [0.717, 1.165) is 18.6 Å². The Labute approximate surface area is 142 Å². The van der Waals surface area contributed by atoms with Gasteiger partial charge in [-0.25, -0.2) is 0 Å². The summed E-state index contributed by atoms with van der Waals surface area (Å²) < 4.78 is 23.1. The molecular formula is C19H24O5. The van der Waals surface area contributed by atoms with Gasteiger partial charge in [0.2, 0.25) is 0 Å². The SMILES string of the molecule is COC1C(=O)CCC2(CO2)C1C1(C)OC1CCOc1ccccc1. The van der Waals surface area contributed by atoms with E-state index in [4.69, 9.17) is 18.9 Å². The summed E-state index contributed by atoms with van der Waals surface area (Å²) in [5, 5.41) is 0. The lowest BCUT2D eigenvalue weighted by Crippen LogP contribution is -2.53. The molecule has 0 amide bonds. The zero-order valence-electron chi connectivity index (χ0n) is 14.2. The number of epoxide rings is 2. The smallest absolute Gasteiger partial charge is 0.162 e. The highest BCUT2D eigenvalue weighted by molar-refractivity contribution is 5.85. The number of rotatable bonds is 6. The lowest BCUT2D eigenvalue weighted by Gasteiger charge is -2.37. The normalized spacial score (nSPS) is 40.6. The van der Waals surface area contributed by atoms with Gasteiger partial charge in [0.25, 0.3) is 0 Å². The van der Waals surface area contributed by atoms with E-state index in [1.54, 1.807) is 7.11 Å². The number of carbonyl (C=O) groups excluding carboxylic acids is 1. The highest BCUT2D eigenvalue weighted by atomic mass is 16.6. The Kier molecular flexibility index (Phi) is 3.90. The van der Waals surface area contributed by atoms with E-state index in [-0.39, 0.29) is 29.0 Å². The van der Waals surface area contributed by atoms with Crippen LogP contribution in [0.25, 0.3) is 0 Å². The maximum absolute atomic E-state index is 12.3. The van der Waals surface area contributed by atoms with Gasteiger partial charge in [-0.2, -0.15) is 0 Å². The van der Waals surface area contributed by atoms with Crippen molar-refractivity contribution in [3.63, 3.8) is 0 Å². The van der Waals surface area contributed by atoms with E-state index >= 15 is 0 Å². The van der Waals surface area contributed by atoms with Gasteiger partial charge < -0.3 is 18.9 Å². The number of benzene rings is 1. The fourth-order valence-corrected chi connectivity index (χ4v) is 4.29. The van der Waals surface area contributed by atoms with Crippen molar-refractivity contribution in [2.75, 3.05) is 20.3 Å². The molecule has 1 aromatic carbocycles. The summed E-state index contributed by atoms with van der Waals surface area (Å²) in [6, 6.07) is 9.77. The molecule has 0 radical (unpaired) electrons. The third kappa shape index (κ3) is 2.65. The molecule has 1 saturated carbocycles. The fraction of sp³-hybridized carbons (Fsp3) is 0.632. The maximum atomic E-state index is 12.3. The summed E-state index contributed by atoms with van der Waals surface area (Å²) in [5.41, 5.74) is -0.592. The summed E-state index contributed by atoms with van der Waals surface area (Å²) in [4.78, 5) is 12.3. The predicted molar refractivity (Wildman–Crippen MR) is 87.0 cm³/mol. The Morgan fingerprint density at radius 3 is 2.71 bits per heavy atom. The van der Waals surface area contributed by atoms with E-state index in [1.165, 1.54) is 0 Å². The molecule has 5 atom stereocenters. The van der Waals surface area contributed by atoms with Crippen molar-refractivity contribution in [2.24, 2.45) is 5.92 Å². The highest BCUT2D eigenvalue weighted by Crippen LogP contribution is 2.58. The molecule has 2 heterocycles. The summed E-state index contributed by atoms with van der Waals surface area (Å²) >= 11 is 0. The van der Waals surface area contributed by atoms with Gasteiger partial charge in [0.05, 0.1) is 25.2 Å². The second-order valence-electron chi connectivity index (χ2n) is 7.19. The standard InChI is InChI=1S/C19H24O5/c1-18(15(24-18)9-11-22-13-6-4-3-5-7-13)17-16(21-2)14(20)8-10-19(17)12-23-19/h3-7,15-17H,8-12H2,1-2H3. The molecule has 5 nitrogen and oxygen atoms in total. The Bertz CT molecular complexity index is 611. The van der Waals surface area contributed by atoms with Crippen LogP contribution in [0.3, 0.4) is 0 Å². The molecule has 5 unspecified atom stereocenters. The Morgan fingerprint density at radius 2 is 2.04 bits per heavy atom. The molecule has 2 aliphatic heterocycles. The number of hydrogen-bond donors (Lipinski definition) is 0. The molecule has 0 aromatic heterocycles. The molecule has 3 fully saturated rings. The molecule has 3 aliphatic rings. The number of methoxy groups -OCH3 is 1. The molecule has 2 saturated heterocycles. The van der Waals surface area contributed by atoms with Crippen LogP contribution in [0.15, 0.2) is 30.3 Å². The van der Waals surface area contributed by atoms with Crippen LogP contribution >= 0.6 is 0 Å². The van der Waals surface area contributed by atoms with Gasteiger partial charge in [0.15, 0.2) is 5.78 Å². The first kappa shape index (κ1) is 16.1. The Hall–Kier alpha value is -1.43. The molecule has 1 aromatic rings. The van der Waals surface area contributed by atoms with Crippen LogP contribution in [0.1, 0.15) is 26.2 Å². The van der Waals surface area contributed by atoms with Gasteiger partial charge in [-0.15, -0.1) is 0 Å². The second-order valence-corrected chi connectivity index (χ2v) is 7.19. The molecule has 4 rings (SSSR count). The molecule has 1 aliphatic carbocycles. The van der Waals surface area contributed by atoms with E-state index in [1.807, 2.05) is 30.3 Å². The van der Waals surface area contributed by atoms with Crippen molar-refractivity contribution in [3.05, 3.63) is 30.3 Å². The molecular weight excluding hydrogens is 308 g/mol. The molecule has 5 heteroatoms. The van der Waals surface area contributed by atoms with Crippen molar-refractivity contribution in [1.82, 2.24) is 0 Å². The van der Waals surface area contributed by atoms with Gasteiger partial charge in [-0.3, -0.25) is 4.79 Å². The molecule has 24 heavy (non-hydrogen) atoms. The van der Waals surface area contributed by atoms with Crippen LogP contribution in [0, 0.1) is 5.92 Å². The fourth-order valence-electron chi connectivity index (χ4n) is 4.29. The summed E-state index contributed by atoms with van der Waals surface area (Å²) in [5.74, 6) is 1.00. The monoisotopic (exact) mass is 332 g/mol. The summed E-state index contributed by atoms with van der Waals surface area (Å²) in [6.45, 7) is 3.38. The van der Waals surface area contributed by atoms with Crippen molar-refractivity contribution < 1.29 is 23.7 Å². The lowest BCUT2D eigenvalue weighted by molar-refractivity contribution is -0.142. The number of ketones is 1. The van der Waals surface area contributed by atoms with Crippen LogP contribution in [0.2, 0.25) is 0 Å². The van der Waals surface area contributed by atoms with Gasteiger partial charge in [-0.1, -0.05) is 18.2 Å². The number of carbonyl (C=O) groups is 1. The first-order valence-electron chi connectivity index (χ1n) is 8.64. The molecule has 130 valence electrons. The minimum Gasteiger partial charge on any atom is -0.493 e. The van der Waals surface area contributed by atoms with Gasteiger partial charge in [-0.05, 0) is 25.5 Å². The van der Waals surface area contributed by atoms with E-state index in [0.29, 0.717) is 19.6 Å². The number of ether oxygens (including phenoxy) is 4. The number of para-hydroxylation sites is 1. The second kappa shape index (κ2) is 5.83. The molecule has 1 spiro atoms. The Balaban J connectivity index is 1.39. The van der Waals surface area contributed by atoms with E-state index < -0.39 is 6.10 Å². The zero-order chi connectivity index (χ0) is 16.8. The largest absolute Gasteiger partial charge is 0.493 e. The van der Waals surface area contributed by atoms with Crippen molar-refractivity contribution >= 4 is 5.78 Å².